The molecule has 1 atom stereocenters. The summed E-state index contributed by atoms with van der Waals surface area (Å²) in [5.41, 5.74) is -5.76. The Morgan fingerprint density at radius 2 is 1.17 bits per heavy atom. The smallest absolute Gasteiger partial charge is 0.330 e. The van der Waals surface area contributed by atoms with Crippen LogP contribution in [0.4, 0.5) is 39.5 Å². The maximum atomic E-state index is 13.7. The minimum atomic E-state index is -6.54. The van der Waals surface area contributed by atoms with E-state index in [0.29, 0.717) is 0 Å². The van der Waals surface area contributed by atoms with E-state index in [-0.39, 0.29) is 0 Å². The molecule has 0 aliphatic carbocycles. The molecule has 0 saturated heterocycles. The summed E-state index contributed by atoms with van der Waals surface area (Å²) < 4.78 is 130. The summed E-state index contributed by atoms with van der Waals surface area (Å²) in [5.74, 6) is -6.54. The van der Waals surface area contributed by atoms with Crippen LogP contribution in [-0.2, 0) is 13.8 Å². The first-order valence-corrected chi connectivity index (χ1v) is 7.75. The van der Waals surface area contributed by atoms with Crippen molar-refractivity contribution in [1.82, 2.24) is 0 Å². The van der Waals surface area contributed by atoms with Crippen molar-refractivity contribution in [2.45, 2.75) is 42.2 Å². The van der Waals surface area contributed by atoms with Crippen LogP contribution in [0.15, 0.2) is 0 Å². The molecule has 0 fully saturated rings. The van der Waals surface area contributed by atoms with Gasteiger partial charge in [0.05, 0.1) is 13.2 Å². The molecule has 0 N–H and O–H groups in total. The molecule has 0 aliphatic rings. The number of hydrogen-bond acceptors (Lipinski definition) is 3. The molecule has 146 valence electrons. The normalized spacial score (nSPS) is 17.2. The largest absolute Gasteiger partial charge is 0.430 e. The summed E-state index contributed by atoms with van der Waals surface area (Å²) in [6, 6.07) is 0. The SMILES string of the molecule is CCOP(OCC)C(F)(F)C(F)(F)C(F)(F)OC(F)(Cl)C(F)(F)Cl. The molecule has 0 aliphatic heterocycles. The Hall–Kier alpha value is 0.260. The highest BCUT2D eigenvalue weighted by atomic mass is 35.5. The minimum absolute atomic E-state index is 0.633. The van der Waals surface area contributed by atoms with Crippen molar-refractivity contribution >= 4 is 31.6 Å². The van der Waals surface area contributed by atoms with Crippen molar-refractivity contribution in [3.63, 3.8) is 0 Å². The molecule has 0 rings (SSSR count). The van der Waals surface area contributed by atoms with E-state index in [2.05, 4.69) is 37.0 Å². The van der Waals surface area contributed by atoms with Crippen LogP contribution >= 0.6 is 31.6 Å². The Kier molecular flexibility index (Phi) is 7.96. The van der Waals surface area contributed by atoms with Gasteiger partial charge in [-0.3, -0.25) is 4.74 Å². The molecule has 0 spiro atoms. The molecule has 3 nitrogen and oxygen atoms in total. The van der Waals surface area contributed by atoms with E-state index in [9.17, 15) is 39.5 Å². The summed E-state index contributed by atoms with van der Waals surface area (Å²) in [7, 11) is -3.96. The fourth-order valence-electron chi connectivity index (χ4n) is 1.01. The van der Waals surface area contributed by atoms with Crippen LogP contribution in [0.3, 0.4) is 0 Å². The zero-order valence-corrected chi connectivity index (χ0v) is 14.2. The van der Waals surface area contributed by atoms with Gasteiger partial charge in [0.25, 0.3) is 8.38 Å². The standard InChI is InChI=1S/C9H10Cl2F9O3P/c1-3-21-24(22-4-2)9(19,20)5(12,13)8(17,18)23-7(11,16)6(10,14)15/h3-4H2,1-2H3. The van der Waals surface area contributed by atoms with Gasteiger partial charge in [0, 0.05) is 0 Å². The number of alkyl halides is 11. The van der Waals surface area contributed by atoms with Gasteiger partial charge < -0.3 is 9.05 Å². The third kappa shape index (κ3) is 4.91. The van der Waals surface area contributed by atoms with Gasteiger partial charge in [0.1, 0.15) is 0 Å². The van der Waals surface area contributed by atoms with Crippen molar-refractivity contribution in [3.8, 4) is 0 Å². The van der Waals surface area contributed by atoms with E-state index < -0.39 is 50.0 Å². The predicted octanol–water partition coefficient (Wildman–Crippen LogP) is 5.90. The van der Waals surface area contributed by atoms with Crippen molar-refractivity contribution in [2.75, 3.05) is 13.2 Å². The molecule has 15 heteroatoms. The van der Waals surface area contributed by atoms with Gasteiger partial charge in [0.2, 0.25) is 0 Å². The summed E-state index contributed by atoms with van der Waals surface area (Å²) in [6.07, 6.45) is -6.50. The van der Waals surface area contributed by atoms with Gasteiger partial charge in [-0.05, 0) is 37.0 Å². The van der Waals surface area contributed by atoms with Gasteiger partial charge in [-0.1, -0.05) is 0 Å². The fourth-order valence-corrected chi connectivity index (χ4v) is 2.37. The second-order valence-electron chi connectivity index (χ2n) is 3.84. The van der Waals surface area contributed by atoms with Crippen LogP contribution in [0.25, 0.3) is 0 Å². The van der Waals surface area contributed by atoms with Crippen molar-refractivity contribution in [3.05, 3.63) is 0 Å². The number of rotatable bonds is 10. The number of hydrogen-bond donors (Lipinski definition) is 0. The molecule has 0 aromatic carbocycles. The first-order chi connectivity index (χ1) is 10.5. The Bertz CT molecular complexity index is 414. The van der Waals surface area contributed by atoms with Crippen LogP contribution < -0.4 is 0 Å². The van der Waals surface area contributed by atoms with E-state index in [1.807, 2.05) is 0 Å². The number of ether oxygens (including phenoxy) is 1. The van der Waals surface area contributed by atoms with Crippen LogP contribution in [0.2, 0.25) is 0 Å². The monoisotopic (exact) mass is 438 g/mol. The van der Waals surface area contributed by atoms with E-state index >= 15 is 0 Å². The second-order valence-corrected chi connectivity index (χ2v) is 6.39. The lowest BCUT2D eigenvalue weighted by atomic mass is 10.3. The average molecular weight is 439 g/mol. The molecule has 0 radical (unpaired) electrons. The molecule has 0 amide bonds. The zero-order valence-electron chi connectivity index (χ0n) is 11.7. The van der Waals surface area contributed by atoms with Gasteiger partial charge in [-0.15, -0.1) is 0 Å². The van der Waals surface area contributed by atoms with E-state index in [4.69, 9.17) is 0 Å². The highest BCUT2D eigenvalue weighted by Crippen LogP contribution is 2.64. The summed E-state index contributed by atoms with van der Waals surface area (Å²) in [5, 5.41) is -10.8. The molecule has 0 saturated carbocycles. The van der Waals surface area contributed by atoms with E-state index in [0.717, 1.165) is 13.8 Å². The third-order valence-corrected chi connectivity index (χ3v) is 4.43. The summed E-state index contributed by atoms with van der Waals surface area (Å²) in [6.45, 7) is 0.867. The maximum absolute atomic E-state index is 13.7. The third-order valence-electron chi connectivity index (χ3n) is 2.05. The van der Waals surface area contributed by atoms with Crippen LogP contribution in [0.5, 0.6) is 0 Å². The molecule has 0 aromatic heterocycles. The molecule has 24 heavy (non-hydrogen) atoms. The van der Waals surface area contributed by atoms with Crippen LogP contribution in [0, 0.1) is 0 Å². The van der Waals surface area contributed by atoms with Crippen LogP contribution in [-0.4, -0.2) is 41.6 Å². The lowest BCUT2D eigenvalue weighted by Gasteiger charge is -2.37. The molecular formula is C9H10Cl2F9O3P. The quantitative estimate of drug-likeness (QED) is 0.241. The summed E-state index contributed by atoms with van der Waals surface area (Å²) >= 11 is 8.15. The lowest BCUT2D eigenvalue weighted by Crippen LogP contribution is -2.58. The average Bonchev–Trinajstić information content (AvgIpc) is 2.35. The van der Waals surface area contributed by atoms with E-state index in [1.165, 1.54) is 0 Å². The molecule has 1 unspecified atom stereocenters. The Morgan fingerprint density at radius 3 is 1.46 bits per heavy atom. The zero-order chi connectivity index (χ0) is 19.6. The lowest BCUT2D eigenvalue weighted by molar-refractivity contribution is -0.426. The first kappa shape index (κ1) is 24.3. The Balaban J connectivity index is 5.73. The Morgan fingerprint density at radius 1 is 0.792 bits per heavy atom. The van der Waals surface area contributed by atoms with E-state index in [1.54, 1.807) is 0 Å². The van der Waals surface area contributed by atoms with Gasteiger partial charge in [-0.25, -0.2) is 0 Å². The second kappa shape index (κ2) is 7.87. The van der Waals surface area contributed by atoms with Gasteiger partial charge >= 0.3 is 28.4 Å². The Labute approximate surface area is 141 Å². The highest BCUT2D eigenvalue weighted by Gasteiger charge is 2.79. The number of halogens is 11. The van der Waals surface area contributed by atoms with Crippen molar-refractivity contribution < 1.29 is 53.3 Å². The topological polar surface area (TPSA) is 27.7 Å². The molecular weight excluding hydrogens is 429 g/mol. The molecule has 0 heterocycles. The summed E-state index contributed by atoms with van der Waals surface area (Å²) in [4.78, 5) is 0. The molecule has 0 bridgehead atoms. The predicted molar refractivity (Wildman–Crippen MR) is 66.6 cm³/mol. The van der Waals surface area contributed by atoms with Gasteiger partial charge in [-0.2, -0.15) is 39.5 Å². The van der Waals surface area contributed by atoms with Crippen molar-refractivity contribution in [2.24, 2.45) is 0 Å². The maximum Gasteiger partial charge on any atom is 0.430 e. The fraction of sp³-hybridized carbons (Fsp3) is 1.00. The van der Waals surface area contributed by atoms with Crippen LogP contribution in [0.1, 0.15) is 13.8 Å². The van der Waals surface area contributed by atoms with Gasteiger partial charge in [0.15, 0.2) is 0 Å². The molecule has 0 aromatic rings. The minimum Gasteiger partial charge on any atom is -0.330 e. The first-order valence-electron chi connectivity index (χ1n) is 5.82. The van der Waals surface area contributed by atoms with Crippen molar-refractivity contribution in [1.29, 1.82) is 0 Å². The highest BCUT2D eigenvalue weighted by molar-refractivity contribution is 7.48.